The van der Waals surface area contributed by atoms with Crippen LogP contribution in [-0.4, -0.2) is 15.0 Å². The molecule has 106 valence electrons. The molecule has 0 amide bonds. The van der Waals surface area contributed by atoms with Crippen molar-refractivity contribution in [2.75, 3.05) is 0 Å². The first-order chi connectivity index (χ1) is 10.7. The molecular weight excluding hydrogens is 300 g/mol. The standard InChI is InChI=1S/C16H9ClN4O/c1-18-16-20-9-13(17)14(21-16)11-5-2-4-10(8-11)12-6-3-7-19-15(12)22/h1-9H/p+1. The van der Waals surface area contributed by atoms with E-state index in [-0.39, 0.29) is 11.5 Å². The van der Waals surface area contributed by atoms with Crippen molar-refractivity contribution in [1.29, 1.82) is 0 Å². The summed E-state index contributed by atoms with van der Waals surface area (Å²) < 4.78 is 0. The van der Waals surface area contributed by atoms with Crippen molar-refractivity contribution in [2.45, 2.75) is 0 Å². The van der Waals surface area contributed by atoms with Gasteiger partial charge in [-0.2, -0.15) is 4.85 Å². The molecule has 6 heteroatoms. The highest BCUT2D eigenvalue weighted by Crippen LogP contribution is 2.29. The van der Waals surface area contributed by atoms with Gasteiger partial charge in [0.1, 0.15) is 17.8 Å². The second-order valence-electron chi connectivity index (χ2n) is 4.49. The van der Waals surface area contributed by atoms with E-state index in [1.54, 1.807) is 18.3 Å². The zero-order chi connectivity index (χ0) is 15.5. The van der Waals surface area contributed by atoms with Crippen molar-refractivity contribution in [1.82, 2.24) is 15.0 Å². The van der Waals surface area contributed by atoms with Gasteiger partial charge in [-0.25, -0.2) is 0 Å². The van der Waals surface area contributed by atoms with Gasteiger partial charge in [-0.3, -0.25) is 4.79 Å². The summed E-state index contributed by atoms with van der Waals surface area (Å²) >= 11 is 6.14. The van der Waals surface area contributed by atoms with E-state index in [1.165, 1.54) is 6.20 Å². The van der Waals surface area contributed by atoms with Gasteiger partial charge in [0, 0.05) is 17.3 Å². The number of nitrogens with one attached hydrogen (secondary N) is 1. The van der Waals surface area contributed by atoms with Gasteiger partial charge in [0.05, 0.1) is 0 Å². The average Bonchev–Trinajstić information content (AvgIpc) is 2.56. The van der Waals surface area contributed by atoms with Crippen molar-refractivity contribution in [3.8, 4) is 29.0 Å². The number of halogens is 1. The molecule has 0 saturated heterocycles. The zero-order valence-corrected chi connectivity index (χ0v) is 12.1. The van der Waals surface area contributed by atoms with Gasteiger partial charge in [-0.1, -0.05) is 39.8 Å². The maximum atomic E-state index is 11.9. The van der Waals surface area contributed by atoms with Crippen molar-refractivity contribution in [3.63, 3.8) is 0 Å². The molecule has 5 nitrogen and oxygen atoms in total. The maximum absolute atomic E-state index is 11.9. The van der Waals surface area contributed by atoms with Gasteiger partial charge in [-0.15, -0.1) is 0 Å². The molecule has 0 spiro atoms. The van der Waals surface area contributed by atoms with Gasteiger partial charge < -0.3 is 4.98 Å². The SMILES string of the molecule is C#[N+]c1ncc(Cl)c(-c2cccc(-c3ccc[nH]c3=O)c2)n1. The maximum Gasteiger partial charge on any atom is 0.530 e. The summed E-state index contributed by atoms with van der Waals surface area (Å²) in [4.78, 5) is 26.1. The number of aromatic amines is 1. The van der Waals surface area contributed by atoms with Crippen LogP contribution in [0.4, 0.5) is 5.95 Å². The number of rotatable bonds is 2. The normalized spacial score (nSPS) is 10.2. The highest BCUT2D eigenvalue weighted by molar-refractivity contribution is 6.32. The molecule has 2 aromatic heterocycles. The molecule has 22 heavy (non-hydrogen) atoms. The number of nitrogens with zero attached hydrogens (tertiary/aromatic N) is 3. The molecular formula is C16H10ClN4O+. The fourth-order valence-electron chi connectivity index (χ4n) is 2.11. The third-order valence-corrected chi connectivity index (χ3v) is 3.39. The minimum Gasteiger partial charge on any atom is -0.329 e. The van der Waals surface area contributed by atoms with E-state index in [4.69, 9.17) is 18.2 Å². The molecule has 1 N–H and O–H groups in total. The second-order valence-corrected chi connectivity index (χ2v) is 4.90. The van der Waals surface area contributed by atoms with E-state index in [0.717, 1.165) is 11.1 Å². The van der Waals surface area contributed by atoms with Gasteiger partial charge in [0.2, 0.25) is 0 Å². The number of H-pyrrole nitrogens is 1. The summed E-state index contributed by atoms with van der Waals surface area (Å²) in [5, 5.41) is 0.381. The summed E-state index contributed by atoms with van der Waals surface area (Å²) in [6.45, 7) is 5.20. The molecule has 0 aliphatic carbocycles. The van der Waals surface area contributed by atoms with Crippen LogP contribution < -0.4 is 5.56 Å². The molecule has 0 fully saturated rings. The third-order valence-electron chi connectivity index (χ3n) is 3.11. The lowest BCUT2D eigenvalue weighted by atomic mass is 10.0. The molecule has 0 aliphatic heterocycles. The Kier molecular flexibility index (Phi) is 3.69. The number of pyridine rings is 1. The first kappa shape index (κ1) is 14.0. The molecule has 0 aliphatic rings. The Morgan fingerprint density at radius 1 is 1.18 bits per heavy atom. The van der Waals surface area contributed by atoms with Crippen LogP contribution in [0.15, 0.2) is 53.6 Å². The Balaban J connectivity index is 2.16. The molecule has 0 radical (unpaired) electrons. The fraction of sp³-hybridized carbons (Fsp3) is 0. The predicted octanol–water partition coefficient (Wildman–Crippen LogP) is 3.75. The zero-order valence-electron chi connectivity index (χ0n) is 11.3. The summed E-state index contributed by atoms with van der Waals surface area (Å²) in [5.41, 5.74) is 2.43. The monoisotopic (exact) mass is 309 g/mol. The fourth-order valence-corrected chi connectivity index (χ4v) is 2.31. The summed E-state index contributed by atoms with van der Waals surface area (Å²) in [7, 11) is 0. The Morgan fingerprint density at radius 2 is 2.00 bits per heavy atom. The summed E-state index contributed by atoms with van der Waals surface area (Å²) in [6, 6.07) is 10.9. The van der Waals surface area contributed by atoms with E-state index in [0.29, 0.717) is 16.3 Å². The first-order valence-corrected chi connectivity index (χ1v) is 6.79. The van der Waals surface area contributed by atoms with E-state index in [9.17, 15) is 4.79 Å². The topological polar surface area (TPSA) is 63.0 Å². The molecule has 2 heterocycles. The van der Waals surface area contributed by atoms with Crippen LogP contribution in [0.3, 0.4) is 0 Å². The van der Waals surface area contributed by atoms with E-state index in [2.05, 4.69) is 19.8 Å². The van der Waals surface area contributed by atoms with Crippen LogP contribution in [0.1, 0.15) is 0 Å². The highest BCUT2D eigenvalue weighted by atomic mass is 35.5. The van der Waals surface area contributed by atoms with Gasteiger partial charge in [0.25, 0.3) is 5.56 Å². The minimum atomic E-state index is -0.161. The Hall–Kier alpha value is -2.97. The van der Waals surface area contributed by atoms with Crippen molar-refractivity contribution in [2.24, 2.45) is 0 Å². The first-order valence-electron chi connectivity index (χ1n) is 6.41. The van der Waals surface area contributed by atoms with E-state index in [1.807, 2.05) is 24.3 Å². The van der Waals surface area contributed by atoms with Crippen molar-refractivity contribution < 1.29 is 0 Å². The molecule has 0 atom stereocenters. The van der Waals surface area contributed by atoms with Crippen LogP contribution in [0.2, 0.25) is 5.02 Å². The van der Waals surface area contributed by atoms with Crippen molar-refractivity contribution >= 4 is 17.5 Å². The molecule has 0 saturated carbocycles. The van der Waals surface area contributed by atoms with Gasteiger partial charge in [-0.05, 0) is 23.8 Å². The third kappa shape index (κ3) is 2.60. The molecule has 0 unspecified atom stereocenters. The molecule has 3 rings (SSSR count). The number of hydrogen-bond donors (Lipinski definition) is 1. The lowest BCUT2D eigenvalue weighted by Crippen LogP contribution is -2.06. The van der Waals surface area contributed by atoms with Gasteiger partial charge >= 0.3 is 5.95 Å². The molecule has 0 bridgehead atoms. The average molecular weight is 310 g/mol. The number of benzene rings is 1. The van der Waals surface area contributed by atoms with Crippen molar-refractivity contribution in [3.05, 3.63) is 69.0 Å². The van der Waals surface area contributed by atoms with E-state index < -0.39 is 0 Å². The summed E-state index contributed by atoms with van der Waals surface area (Å²) in [6.07, 6.45) is 3.03. The lowest BCUT2D eigenvalue weighted by molar-refractivity contribution is 1.21. The van der Waals surface area contributed by atoms with Crippen LogP contribution in [-0.2, 0) is 0 Å². The minimum absolute atomic E-state index is 0.141. The second kappa shape index (κ2) is 5.80. The van der Waals surface area contributed by atoms with Crippen LogP contribution in [0.5, 0.6) is 0 Å². The quantitative estimate of drug-likeness (QED) is 0.784. The number of aromatic nitrogens is 3. The Bertz CT molecular complexity index is 943. The van der Waals surface area contributed by atoms with Crippen LogP contribution >= 0.6 is 11.6 Å². The Labute approximate surface area is 131 Å². The van der Waals surface area contributed by atoms with Crippen LogP contribution in [0, 0.1) is 6.57 Å². The van der Waals surface area contributed by atoms with Crippen LogP contribution in [0.25, 0.3) is 27.2 Å². The van der Waals surface area contributed by atoms with E-state index >= 15 is 0 Å². The Morgan fingerprint density at radius 3 is 2.77 bits per heavy atom. The molecule has 3 aromatic rings. The molecule has 1 aromatic carbocycles. The largest absolute Gasteiger partial charge is 0.530 e. The number of hydrogen-bond acceptors (Lipinski definition) is 3. The lowest BCUT2D eigenvalue weighted by Gasteiger charge is -2.03. The highest BCUT2D eigenvalue weighted by Gasteiger charge is 2.16. The smallest absolute Gasteiger partial charge is 0.329 e. The van der Waals surface area contributed by atoms with Gasteiger partial charge in [0.15, 0.2) is 5.69 Å². The summed E-state index contributed by atoms with van der Waals surface area (Å²) in [5.74, 6) is 0.141. The predicted molar refractivity (Wildman–Crippen MR) is 86.5 cm³/mol.